The number of carboxylic acid groups (broad SMARTS) is 1. The van der Waals surface area contributed by atoms with Gasteiger partial charge < -0.3 is 15.3 Å². The molecule has 0 bridgehead atoms. The molecule has 0 aromatic carbocycles. The maximum Gasteiger partial charge on any atom is 0.313 e. The zero-order valence-electron chi connectivity index (χ0n) is 17.3. The van der Waals surface area contributed by atoms with Gasteiger partial charge in [-0.05, 0) is 32.1 Å². The van der Waals surface area contributed by atoms with Crippen LogP contribution in [0.15, 0.2) is 11.0 Å². The van der Waals surface area contributed by atoms with Crippen LogP contribution in [0.25, 0.3) is 0 Å². The van der Waals surface area contributed by atoms with Crippen molar-refractivity contribution in [2.45, 2.75) is 109 Å². The van der Waals surface area contributed by atoms with Crippen LogP contribution in [0.5, 0.6) is 0 Å². The lowest BCUT2D eigenvalue weighted by Crippen LogP contribution is -2.11. The van der Waals surface area contributed by atoms with E-state index < -0.39 is 12.1 Å². The van der Waals surface area contributed by atoms with Crippen LogP contribution in [0, 0.1) is 0 Å². The molecule has 0 heterocycles. The van der Waals surface area contributed by atoms with E-state index >= 15 is 0 Å². The Labute approximate surface area is 170 Å². The summed E-state index contributed by atoms with van der Waals surface area (Å²) in [6.07, 6.45) is 18.7. The van der Waals surface area contributed by atoms with E-state index in [1.807, 2.05) is 6.08 Å². The first-order chi connectivity index (χ1) is 13.1. The van der Waals surface area contributed by atoms with E-state index in [0.29, 0.717) is 12.8 Å². The maximum atomic E-state index is 10.8. The summed E-state index contributed by atoms with van der Waals surface area (Å²) in [5.74, 6) is -0.871. The molecule has 0 aliphatic rings. The molecule has 0 saturated heterocycles. The van der Waals surface area contributed by atoms with Crippen LogP contribution < -0.4 is 0 Å². The molecule has 0 amide bonds. The molecule has 0 spiro atoms. The molecule has 0 aliphatic carbocycles. The van der Waals surface area contributed by atoms with Crippen LogP contribution in [0.4, 0.5) is 0 Å². The van der Waals surface area contributed by atoms with E-state index in [1.54, 1.807) is 0 Å². The van der Waals surface area contributed by atoms with Crippen molar-refractivity contribution in [2.24, 2.45) is 0 Å². The molecule has 3 N–H and O–H groups in total. The topological polar surface area (TPSA) is 77.8 Å². The van der Waals surface area contributed by atoms with Gasteiger partial charge in [-0.15, -0.1) is 11.8 Å². The Morgan fingerprint density at radius 1 is 0.889 bits per heavy atom. The summed E-state index contributed by atoms with van der Waals surface area (Å²) < 4.78 is 0. The summed E-state index contributed by atoms with van der Waals surface area (Å²) in [6, 6.07) is 0. The lowest BCUT2D eigenvalue weighted by molar-refractivity contribution is -0.133. The maximum absolute atomic E-state index is 10.8. The molecular formula is C22H42O4S. The highest BCUT2D eigenvalue weighted by Crippen LogP contribution is 2.24. The minimum atomic E-state index is -0.858. The number of aliphatic carboxylic acids is 1. The summed E-state index contributed by atoms with van der Waals surface area (Å²) in [4.78, 5) is 11.6. The summed E-state index contributed by atoms with van der Waals surface area (Å²) in [5.41, 5.74) is 0. The van der Waals surface area contributed by atoms with Gasteiger partial charge in [0.25, 0.3) is 0 Å². The average Bonchev–Trinajstić information content (AvgIpc) is 2.64. The van der Waals surface area contributed by atoms with Gasteiger partial charge in [0.1, 0.15) is 0 Å². The van der Waals surface area contributed by atoms with Gasteiger partial charge in [0.15, 0.2) is 0 Å². The third-order valence-corrected chi connectivity index (χ3v) is 5.89. The first-order valence-electron chi connectivity index (χ1n) is 10.9. The summed E-state index contributed by atoms with van der Waals surface area (Å²) in [5, 5.41) is 28.0. The van der Waals surface area contributed by atoms with Crippen LogP contribution in [0.1, 0.15) is 103 Å². The zero-order valence-corrected chi connectivity index (χ0v) is 18.2. The van der Waals surface area contributed by atoms with Gasteiger partial charge in [-0.25, -0.2) is 0 Å². The molecule has 0 aromatic heterocycles. The van der Waals surface area contributed by atoms with E-state index in [9.17, 15) is 9.90 Å². The second-order valence-corrected chi connectivity index (χ2v) is 8.40. The van der Waals surface area contributed by atoms with Crippen molar-refractivity contribution in [2.75, 3.05) is 12.4 Å². The Bertz CT molecular complexity index is 371. The third kappa shape index (κ3) is 18.6. The fourth-order valence-corrected chi connectivity index (χ4v) is 3.92. The zero-order chi connectivity index (χ0) is 20.2. The molecule has 0 rings (SSSR count). The molecule has 0 unspecified atom stereocenters. The predicted octanol–water partition coefficient (Wildman–Crippen LogP) is 5.91. The number of hydrogen-bond donors (Lipinski definition) is 3. The fourth-order valence-electron chi connectivity index (χ4n) is 3.08. The van der Waals surface area contributed by atoms with Crippen molar-refractivity contribution in [1.82, 2.24) is 0 Å². The van der Waals surface area contributed by atoms with Gasteiger partial charge in [0.2, 0.25) is 0 Å². The van der Waals surface area contributed by atoms with Crippen LogP contribution in [-0.2, 0) is 4.79 Å². The summed E-state index contributed by atoms with van der Waals surface area (Å²) in [7, 11) is 0. The SMILES string of the molecule is CCCCCCCCCCCCCC=C(SCC(=O)O)[C@@H](O)CCCCO. The van der Waals surface area contributed by atoms with Gasteiger partial charge >= 0.3 is 5.97 Å². The van der Waals surface area contributed by atoms with Gasteiger partial charge in [-0.3, -0.25) is 4.79 Å². The second-order valence-electron chi connectivity index (χ2n) is 7.35. The average molecular weight is 403 g/mol. The highest BCUT2D eigenvalue weighted by atomic mass is 32.2. The van der Waals surface area contributed by atoms with Crippen molar-refractivity contribution >= 4 is 17.7 Å². The largest absolute Gasteiger partial charge is 0.481 e. The number of carboxylic acids is 1. The Morgan fingerprint density at radius 2 is 1.44 bits per heavy atom. The van der Waals surface area contributed by atoms with Crippen molar-refractivity contribution in [1.29, 1.82) is 0 Å². The Kier molecular flexibility index (Phi) is 19.8. The first-order valence-corrected chi connectivity index (χ1v) is 11.9. The van der Waals surface area contributed by atoms with Crippen molar-refractivity contribution in [3.63, 3.8) is 0 Å². The number of rotatable bonds is 20. The number of allylic oxidation sites excluding steroid dienone is 1. The van der Waals surface area contributed by atoms with Crippen LogP contribution in [-0.4, -0.2) is 39.8 Å². The lowest BCUT2D eigenvalue weighted by Gasteiger charge is -2.14. The molecule has 27 heavy (non-hydrogen) atoms. The molecule has 0 fully saturated rings. The minimum Gasteiger partial charge on any atom is -0.481 e. The van der Waals surface area contributed by atoms with Crippen LogP contribution >= 0.6 is 11.8 Å². The van der Waals surface area contributed by atoms with E-state index in [0.717, 1.165) is 24.2 Å². The summed E-state index contributed by atoms with van der Waals surface area (Å²) in [6.45, 7) is 2.38. The molecule has 0 saturated carbocycles. The molecule has 160 valence electrons. The number of carbonyl (C=O) groups is 1. The highest BCUT2D eigenvalue weighted by molar-refractivity contribution is 8.03. The molecule has 0 radical (unpaired) electrons. The van der Waals surface area contributed by atoms with Gasteiger partial charge in [-0.1, -0.05) is 77.2 Å². The molecule has 0 aliphatic heterocycles. The standard InChI is InChI=1S/C22H42O4S/c1-2-3-4-5-6-7-8-9-10-11-12-13-17-21(27-19-22(25)26)20(24)16-14-15-18-23/h17,20,23-24H,2-16,18-19H2,1H3,(H,25,26)/t20-/m0/s1. The number of aliphatic hydroxyl groups is 2. The van der Waals surface area contributed by atoms with E-state index in [1.165, 1.54) is 76.0 Å². The second kappa shape index (κ2) is 20.2. The number of thioether (sulfide) groups is 1. The number of unbranched alkanes of at least 4 members (excludes halogenated alkanes) is 12. The van der Waals surface area contributed by atoms with Crippen LogP contribution in [0.2, 0.25) is 0 Å². The van der Waals surface area contributed by atoms with E-state index in [4.69, 9.17) is 10.2 Å². The molecule has 4 nitrogen and oxygen atoms in total. The van der Waals surface area contributed by atoms with E-state index in [2.05, 4.69) is 6.92 Å². The molecular weight excluding hydrogens is 360 g/mol. The van der Waals surface area contributed by atoms with Gasteiger partial charge in [0, 0.05) is 11.5 Å². The number of aliphatic hydroxyl groups excluding tert-OH is 2. The molecule has 5 heteroatoms. The Balaban J connectivity index is 3.86. The number of hydrogen-bond acceptors (Lipinski definition) is 4. The fraction of sp³-hybridized carbons (Fsp3) is 0.864. The normalized spacial score (nSPS) is 13.1. The van der Waals surface area contributed by atoms with Gasteiger partial charge in [-0.2, -0.15) is 0 Å². The Hall–Kier alpha value is -0.520. The quantitative estimate of drug-likeness (QED) is 0.221. The molecule has 0 aromatic rings. The Morgan fingerprint density at radius 3 is 1.96 bits per heavy atom. The highest BCUT2D eigenvalue weighted by Gasteiger charge is 2.12. The minimum absolute atomic E-state index is 0.0127. The van der Waals surface area contributed by atoms with Crippen molar-refractivity contribution in [3.8, 4) is 0 Å². The van der Waals surface area contributed by atoms with E-state index in [-0.39, 0.29) is 12.4 Å². The van der Waals surface area contributed by atoms with Gasteiger partial charge in [0.05, 0.1) is 11.9 Å². The third-order valence-electron chi connectivity index (χ3n) is 4.73. The van der Waals surface area contributed by atoms with Crippen LogP contribution in [0.3, 0.4) is 0 Å². The smallest absolute Gasteiger partial charge is 0.313 e. The molecule has 1 atom stereocenters. The predicted molar refractivity (Wildman–Crippen MR) is 116 cm³/mol. The lowest BCUT2D eigenvalue weighted by atomic mass is 10.0. The first kappa shape index (κ1) is 26.5. The summed E-state index contributed by atoms with van der Waals surface area (Å²) >= 11 is 1.23. The van der Waals surface area contributed by atoms with Crippen molar-refractivity contribution < 1.29 is 20.1 Å². The van der Waals surface area contributed by atoms with Crippen molar-refractivity contribution in [3.05, 3.63) is 11.0 Å². The monoisotopic (exact) mass is 402 g/mol.